The highest BCUT2D eigenvalue weighted by molar-refractivity contribution is 5.93. The van der Waals surface area contributed by atoms with Crippen LogP contribution >= 0.6 is 0 Å². The van der Waals surface area contributed by atoms with Crippen LogP contribution in [0.15, 0.2) is 30.3 Å². The summed E-state index contributed by atoms with van der Waals surface area (Å²) in [6, 6.07) is 11.1. The zero-order valence-corrected chi connectivity index (χ0v) is 23.5. The highest BCUT2D eigenvalue weighted by Crippen LogP contribution is 2.27. The van der Waals surface area contributed by atoms with Crippen LogP contribution in [0.4, 0.5) is 10.2 Å². The molecule has 3 aromatic rings. The molecule has 0 spiro atoms. The number of halogens is 1. The zero-order valence-electron chi connectivity index (χ0n) is 23.5. The van der Waals surface area contributed by atoms with Gasteiger partial charge in [0.15, 0.2) is 5.82 Å². The van der Waals surface area contributed by atoms with E-state index in [4.69, 9.17) is 5.26 Å². The lowest BCUT2D eigenvalue weighted by atomic mass is 9.85. The van der Waals surface area contributed by atoms with Crippen molar-refractivity contribution < 1.29 is 4.39 Å². The summed E-state index contributed by atoms with van der Waals surface area (Å²) in [5, 5.41) is 22.3. The fourth-order valence-corrected chi connectivity index (χ4v) is 4.25. The van der Waals surface area contributed by atoms with Crippen LogP contribution in [0.2, 0.25) is 0 Å². The van der Waals surface area contributed by atoms with Crippen molar-refractivity contribution in [1.29, 1.82) is 5.26 Å². The molecule has 194 valence electrons. The third-order valence-corrected chi connectivity index (χ3v) is 7.58. The minimum Gasteiger partial charge on any atom is -0.364 e. The molecule has 5 nitrogen and oxygen atoms in total. The molecule has 3 rings (SSSR count). The number of nitrogens with zero attached hydrogens (tertiary/aromatic N) is 4. The molecular weight excluding hydrogens is 449 g/mol. The van der Waals surface area contributed by atoms with Gasteiger partial charge in [0.05, 0.1) is 17.3 Å². The van der Waals surface area contributed by atoms with Crippen LogP contribution < -0.4 is 5.32 Å². The summed E-state index contributed by atoms with van der Waals surface area (Å²) in [6.45, 7) is 15.2. The first-order chi connectivity index (χ1) is 17.0. The van der Waals surface area contributed by atoms with E-state index in [-0.39, 0.29) is 5.82 Å². The van der Waals surface area contributed by atoms with Crippen LogP contribution in [-0.2, 0) is 6.54 Å². The first-order valence-corrected chi connectivity index (χ1v) is 12.8. The number of rotatable bonds is 8. The second-order valence-corrected chi connectivity index (χ2v) is 10.3. The Labute approximate surface area is 216 Å². The molecule has 2 atom stereocenters. The van der Waals surface area contributed by atoms with Crippen molar-refractivity contribution in [2.45, 2.75) is 79.8 Å². The number of anilines is 1. The summed E-state index contributed by atoms with van der Waals surface area (Å²) in [4.78, 5) is 2.36. The molecule has 0 saturated heterocycles. The van der Waals surface area contributed by atoms with Crippen molar-refractivity contribution in [2.75, 3.05) is 19.4 Å². The minimum atomic E-state index is -0.248. The highest BCUT2D eigenvalue weighted by atomic mass is 19.1. The molecular formula is C30H42FN5. The maximum Gasteiger partial charge on any atom is 0.156 e. The van der Waals surface area contributed by atoms with Gasteiger partial charge in [-0.3, -0.25) is 0 Å². The summed E-state index contributed by atoms with van der Waals surface area (Å²) in [6.07, 6.45) is 3.85. The molecule has 6 heteroatoms. The number of aryl methyl sites for hydroxylation is 2. The smallest absolute Gasteiger partial charge is 0.156 e. The van der Waals surface area contributed by atoms with Crippen LogP contribution in [-0.4, -0.2) is 34.7 Å². The van der Waals surface area contributed by atoms with E-state index in [1.165, 1.54) is 25.3 Å². The number of nitrogens with one attached hydrogen (secondary N) is 1. The van der Waals surface area contributed by atoms with Crippen molar-refractivity contribution in [3.05, 3.63) is 64.1 Å². The van der Waals surface area contributed by atoms with E-state index in [0.29, 0.717) is 34.7 Å². The van der Waals surface area contributed by atoms with Crippen molar-refractivity contribution in [3.8, 4) is 6.07 Å². The molecule has 1 heterocycles. The van der Waals surface area contributed by atoms with Crippen LogP contribution in [0.25, 0.3) is 10.8 Å². The molecule has 0 fully saturated rings. The standard InChI is InChI=1S/C19H17FN4.C11H25N/c1-11-7-17-16(8-18(11)20)13(3)23-24-19(17)22-10-15-6-4-5-14(9-21)12(15)2;1-7-10(3)9-11(4,8-2)12(5)6/h4-8H,10H2,1-3H3,(H,22,24);10H,7-9H2,1-6H3. The van der Waals surface area contributed by atoms with Gasteiger partial charge in [-0.05, 0) is 95.4 Å². The second-order valence-electron chi connectivity index (χ2n) is 10.3. The average molecular weight is 492 g/mol. The third kappa shape index (κ3) is 7.01. The van der Waals surface area contributed by atoms with Gasteiger partial charge in [-0.1, -0.05) is 39.3 Å². The average Bonchev–Trinajstić information content (AvgIpc) is 2.85. The van der Waals surface area contributed by atoms with Gasteiger partial charge in [0.25, 0.3) is 0 Å². The summed E-state index contributed by atoms with van der Waals surface area (Å²) in [5.74, 6) is 1.21. The van der Waals surface area contributed by atoms with E-state index in [2.05, 4.69) is 68.3 Å². The van der Waals surface area contributed by atoms with E-state index in [1.54, 1.807) is 19.1 Å². The Kier molecular flexibility index (Phi) is 10.4. The van der Waals surface area contributed by atoms with Gasteiger partial charge < -0.3 is 10.2 Å². The van der Waals surface area contributed by atoms with Crippen LogP contribution in [0.3, 0.4) is 0 Å². The van der Waals surface area contributed by atoms with Crippen LogP contribution in [0.1, 0.15) is 74.9 Å². The zero-order chi connectivity index (χ0) is 27.0. The van der Waals surface area contributed by atoms with E-state index in [1.807, 2.05) is 26.0 Å². The summed E-state index contributed by atoms with van der Waals surface area (Å²) in [7, 11) is 4.37. The normalized spacial score (nSPS) is 13.5. The third-order valence-electron chi connectivity index (χ3n) is 7.58. The summed E-state index contributed by atoms with van der Waals surface area (Å²) in [5.41, 5.74) is 4.28. The Morgan fingerprint density at radius 2 is 1.81 bits per heavy atom. The lowest BCUT2D eigenvalue weighted by Crippen LogP contribution is -2.41. The van der Waals surface area contributed by atoms with E-state index in [0.717, 1.165) is 27.8 Å². The van der Waals surface area contributed by atoms with Gasteiger partial charge in [-0.15, -0.1) is 5.10 Å². The van der Waals surface area contributed by atoms with Crippen LogP contribution in [0, 0.1) is 43.8 Å². The van der Waals surface area contributed by atoms with Crippen molar-refractivity contribution in [2.24, 2.45) is 5.92 Å². The Morgan fingerprint density at radius 1 is 1.11 bits per heavy atom. The van der Waals surface area contributed by atoms with Gasteiger partial charge in [-0.25, -0.2) is 4.39 Å². The van der Waals surface area contributed by atoms with Crippen molar-refractivity contribution >= 4 is 16.6 Å². The number of hydrogen-bond donors (Lipinski definition) is 1. The maximum atomic E-state index is 13.8. The van der Waals surface area contributed by atoms with Crippen LogP contribution in [0.5, 0.6) is 0 Å². The molecule has 0 aliphatic carbocycles. The minimum absolute atomic E-state index is 0.248. The van der Waals surface area contributed by atoms with Crippen molar-refractivity contribution in [3.63, 3.8) is 0 Å². The van der Waals surface area contributed by atoms with Crippen molar-refractivity contribution in [1.82, 2.24) is 15.1 Å². The number of benzene rings is 2. The topological polar surface area (TPSA) is 64.8 Å². The summed E-state index contributed by atoms with van der Waals surface area (Å²) >= 11 is 0. The monoisotopic (exact) mass is 491 g/mol. The number of aromatic nitrogens is 2. The Bertz CT molecular complexity index is 1210. The molecule has 2 unspecified atom stereocenters. The molecule has 2 aromatic carbocycles. The Hall–Kier alpha value is -3.04. The first kappa shape index (κ1) is 29.2. The molecule has 0 amide bonds. The molecule has 0 saturated carbocycles. The second kappa shape index (κ2) is 12.8. The SMILES string of the molecule is CCC(C)CC(C)(CC)N(C)C.Cc1cc2c(NCc3cccc(C#N)c3C)nnc(C)c2cc1F. The Balaban J connectivity index is 0.000000324. The van der Waals surface area contributed by atoms with Gasteiger partial charge in [0.1, 0.15) is 5.82 Å². The fraction of sp³-hybridized carbons (Fsp3) is 0.500. The fourth-order valence-electron chi connectivity index (χ4n) is 4.25. The predicted octanol–water partition coefficient (Wildman–Crippen LogP) is 7.33. The molecule has 0 aliphatic heterocycles. The number of nitriles is 1. The Morgan fingerprint density at radius 3 is 2.39 bits per heavy atom. The van der Waals surface area contributed by atoms with Gasteiger partial charge in [0.2, 0.25) is 0 Å². The molecule has 1 N–H and O–H groups in total. The maximum absolute atomic E-state index is 13.8. The predicted molar refractivity (Wildman–Crippen MR) is 149 cm³/mol. The molecule has 0 radical (unpaired) electrons. The van der Waals surface area contributed by atoms with E-state index in [9.17, 15) is 4.39 Å². The highest BCUT2D eigenvalue weighted by Gasteiger charge is 2.26. The number of fused-ring (bicyclic) bond motifs is 1. The largest absolute Gasteiger partial charge is 0.364 e. The van der Waals surface area contributed by atoms with Gasteiger partial charge >= 0.3 is 0 Å². The van der Waals surface area contributed by atoms with Gasteiger partial charge in [0, 0.05) is 22.9 Å². The van der Waals surface area contributed by atoms with E-state index < -0.39 is 0 Å². The molecule has 1 aromatic heterocycles. The number of hydrogen-bond acceptors (Lipinski definition) is 5. The molecule has 0 bridgehead atoms. The quantitative estimate of drug-likeness (QED) is 0.357. The summed E-state index contributed by atoms with van der Waals surface area (Å²) < 4.78 is 13.8. The molecule has 0 aliphatic rings. The lowest BCUT2D eigenvalue weighted by molar-refractivity contribution is 0.132. The molecule has 36 heavy (non-hydrogen) atoms. The van der Waals surface area contributed by atoms with E-state index >= 15 is 0 Å². The first-order valence-electron chi connectivity index (χ1n) is 12.8. The van der Waals surface area contributed by atoms with Gasteiger partial charge in [-0.2, -0.15) is 10.4 Å². The lowest BCUT2D eigenvalue weighted by Gasteiger charge is -2.37.